The minimum atomic E-state index is -0.923. The molecule has 0 unspecified atom stereocenters. The number of unbranched alkanes of at least 4 members (excludes halogenated alkanes) is 1. The fraction of sp³-hybridized carbons (Fsp3) is 0.462. The van der Waals surface area contributed by atoms with Gasteiger partial charge in [0.05, 0.1) is 0 Å². The molecular formula is C13H18ClNO2S. The first kappa shape index (κ1) is 15.2. The summed E-state index contributed by atoms with van der Waals surface area (Å²) in [6, 6.07) is 6.87. The summed E-state index contributed by atoms with van der Waals surface area (Å²) in [6.07, 6.45) is 1.43. The Morgan fingerprint density at radius 1 is 1.33 bits per heavy atom. The smallest absolute Gasteiger partial charge is 0.411 e. The van der Waals surface area contributed by atoms with Gasteiger partial charge < -0.3 is 5.11 Å². The van der Waals surface area contributed by atoms with E-state index in [1.165, 1.54) is 17.7 Å². The lowest BCUT2D eigenvalue weighted by Gasteiger charge is -2.19. The zero-order chi connectivity index (χ0) is 13.4. The number of rotatable bonds is 7. The van der Waals surface area contributed by atoms with Crippen molar-refractivity contribution in [2.75, 3.05) is 23.0 Å². The summed E-state index contributed by atoms with van der Waals surface area (Å²) < 4.78 is 0. The summed E-state index contributed by atoms with van der Waals surface area (Å²) in [7, 11) is 0. The van der Waals surface area contributed by atoms with Crippen molar-refractivity contribution in [3.05, 3.63) is 29.3 Å². The summed E-state index contributed by atoms with van der Waals surface area (Å²) in [6.45, 7) is 2.66. The van der Waals surface area contributed by atoms with Gasteiger partial charge in [0, 0.05) is 23.0 Å². The highest BCUT2D eigenvalue weighted by Crippen LogP contribution is 2.18. The van der Waals surface area contributed by atoms with E-state index in [4.69, 9.17) is 11.6 Å². The zero-order valence-electron chi connectivity index (χ0n) is 10.4. The number of benzene rings is 1. The second kappa shape index (κ2) is 8.27. The molecule has 0 radical (unpaired) electrons. The van der Waals surface area contributed by atoms with Crippen LogP contribution in [0, 0.1) is 0 Å². The topological polar surface area (TPSA) is 40.5 Å². The highest BCUT2D eigenvalue weighted by Gasteiger charge is 2.13. The SMILES string of the molecule is CCCCSCCN(C(=O)O)c1ccc(Cl)cc1. The fourth-order valence-corrected chi connectivity index (χ4v) is 2.60. The molecule has 100 valence electrons. The lowest BCUT2D eigenvalue weighted by Crippen LogP contribution is -2.31. The molecule has 0 heterocycles. The predicted molar refractivity (Wildman–Crippen MR) is 79.1 cm³/mol. The van der Waals surface area contributed by atoms with Crippen LogP contribution >= 0.6 is 23.4 Å². The van der Waals surface area contributed by atoms with Crippen LogP contribution in [0.4, 0.5) is 10.5 Å². The molecule has 0 aliphatic heterocycles. The average Bonchev–Trinajstić information content (AvgIpc) is 2.35. The molecule has 0 atom stereocenters. The van der Waals surface area contributed by atoms with Crippen molar-refractivity contribution in [3.8, 4) is 0 Å². The highest BCUT2D eigenvalue weighted by molar-refractivity contribution is 7.99. The van der Waals surface area contributed by atoms with Crippen LogP contribution in [0.15, 0.2) is 24.3 Å². The highest BCUT2D eigenvalue weighted by atomic mass is 35.5. The van der Waals surface area contributed by atoms with Gasteiger partial charge >= 0.3 is 6.09 Å². The third-order valence-corrected chi connectivity index (χ3v) is 3.77. The summed E-state index contributed by atoms with van der Waals surface area (Å²) in [5.74, 6) is 1.90. The Hall–Kier alpha value is -0.870. The molecule has 1 N–H and O–H groups in total. The van der Waals surface area contributed by atoms with Gasteiger partial charge in [0.1, 0.15) is 0 Å². The Kier molecular flexibility index (Phi) is 6.98. The first-order chi connectivity index (χ1) is 8.65. The number of hydrogen-bond acceptors (Lipinski definition) is 2. The summed E-state index contributed by atoms with van der Waals surface area (Å²) in [4.78, 5) is 12.5. The number of hydrogen-bond donors (Lipinski definition) is 1. The standard InChI is InChI=1S/C13H18ClNO2S/c1-2-3-9-18-10-8-15(13(16)17)12-6-4-11(14)5-7-12/h4-7H,2-3,8-10H2,1H3,(H,16,17). The van der Waals surface area contributed by atoms with Gasteiger partial charge in [0.15, 0.2) is 0 Å². The van der Waals surface area contributed by atoms with E-state index in [0.717, 1.165) is 11.5 Å². The third-order valence-electron chi connectivity index (χ3n) is 2.47. The van der Waals surface area contributed by atoms with Gasteiger partial charge in [-0.2, -0.15) is 11.8 Å². The molecular weight excluding hydrogens is 270 g/mol. The van der Waals surface area contributed by atoms with E-state index in [1.54, 1.807) is 36.0 Å². The second-order valence-electron chi connectivity index (χ2n) is 3.88. The Labute approximate surface area is 117 Å². The number of amides is 1. The molecule has 0 aromatic heterocycles. The maximum Gasteiger partial charge on any atom is 0.411 e. The summed E-state index contributed by atoms with van der Waals surface area (Å²) >= 11 is 7.58. The molecule has 3 nitrogen and oxygen atoms in total. The Morgan fingerprint density at radius 2 is 2.00 bits per heavy atom. The Morgan fingerprint density at radius 3 is 2.56 bits per heavy atom. The number of nitrogens with zero attached hydrogens (tertiary/aromatic N) is 1. The van der Waals surface area contributed by atoms with Crippen LogP contribution in [0.2, 0.25) is 5.02 Å². The van der Waals surface area contributed by atoms with Gasteiger partial charge in [-0.15, -0.1) is 0 Å². The molecule has 0 aliphatic carbocycles. The molecule has 1 rings (SSSR count). The van der Waals surface area contributed by atoms with Crippen molar-refractivity contribution < 1.29 is 9.90 Å². The minimum absolute atomic E-state index is 0.505. The van der Waals surface area contributed by atoms with E-state index in [9.17, 15) is 9.90 Å². The van der Waals surface area contributed by atoms with E-state index in [2.05, 4.69) is 6.92 Å². The predicted octanol–water partition coefficient (Wildman–Crippen LogP) is 4.36. The number of thioether (sulfide) groups is 1. The fourth-order valence-electron chi connectivity index (χ4n) is 1.46. The lowest BCUT2D eigenvalue weighted by atomic mass is 10.3. The van der Waals surface area contributed by atoms with E-state index in [-0.39, 0.29) is 0 Å². The van der Waals surface area contributed by atoms with Gasteiger partial charge in [0.25, 0.3) is 0 Å². The van der Waals surface area contributed by atoms with Gasteiger partial charge in [-0.05, 0) is 36.4 Å². The van der Waals surface area contributed by atoms with Crippen LogP contribution in [0.5, 0.6) is 0 Å². The first-order valence-electron chi connectivity index (χ1n) is 5.99. The molecule has 1 amide bonds. The molecule has 0 saturated carbocycles. The molecule has 0 bridgehead atoms. The van der Waals surface area contributed by atoms with Gasteiger partial charge in [-0.3, -0.25) is 4.90 Å². The third kappa shape index (κ3) is 5.19. The molecule has 0 aliphatic rings. The molecule has 1 aromatic rings. The second-order valence-corrected chi connectivity index (χ2v) is 5.54. The van der Waals surface area contributed by atoms with Gasteiger partial charge in [0.2, 0.25) is 0 Å². The molecule has 0 spiro atoms. The van der Waals surface area contributed by atoms with Gasteiger partial charge in [-0.1, -0.05) is 24.9 Å². The van der Waals surface area contributed by atoms with Crippen LogP contribution < -0.4 is 4.90 Å². The molecule has 0 saturated heterocycles. The van der Waals surface area contributed by atoms with Crippen molar-refractivity contribution >= 4 is 35.1 Å². The van der Waals surface area contributed by atoms with Crippen LogP contribution in [0.3, 0.4) is 0 Å². The molecule has 18 heavy (non-hydrogen) atoms. The number of carboxylic acid groups (broad SMARTS) is 1. The average molecular weight is 288 g/mol. The summed E-state index contributed by atoms with van der Waals surface area (Å²) in [5.41, 5.74) is 0.669. The van der Waals surface area contributed by atoms with E-state index >= 15 is 0 Å². The van der Waals surface area contributed by atoms with E-state index in [0.29, 0.717) is 17.3 Å². The summed E-state index contributed by atoms with van der Waals surface area (Å²) in [5, 5.41) is 9.79. The van der Waals surface area contributed by atoms with Gasteiger partial charge in [-0.25, -0.2) is 4.79 Å². The van der Waals surface area contributed by atoms with Crippen LogP contribution in [-0.4, -0.2) is 29.3 Å². The quantitative estimate of drug-likeness (QED) is 0.758. The lowest BCUT2D eigenvalue weighted by molar-refractivity contribution is 0.202. The number of carbonyl (C=O) groups is 1. The maximum absolute atomic E-state index is 11.2. The Bertz CT molecular complexity index is 370. The van der Waals surface area contributed by atoms with Crippen molar-refractivity contribution in [2.45, 2.75) is 19.8 Å². The maximum atomic E-state index is 11.2. The van der Waals surface area contributed by atoms with Crippen LogP contribution in [0.1, 0.15) is 19.8 Å². The van der Waals surface area contributed by atoms with Crippen molar-refractivity contribution in [2.24, 2.45) is 0 Å². The van der Waals surface area contributed by atoms with Crippen molar-refractivity contribution in [1.82, 2.24) is 0 Å². The minimum Gasteiger partial charge on any atom is -0.465 e. The van der Waals surface area contributed by atoms with E-state index in [1.807, 2.05) is 0 Å². The Balaban J connectivity index is 2.50. The normalized spacial score (nSPS) is 10.3. The molecule has 5 heteroatoms. The molecule has 1 aromatic carbocycles. The first-order valence-corrected chi connectivity index (χ1v) is 7.52. The number of halogens is 1. The monoisotopic (exact) mass is 287 g/mol. The molecule has 0 fully saturated rings. The van der Waals surface area contributed by atoms with Crippen LogP contribution in [-0.2, 0) is 0 Å². The zero-order valence-corrected chi connectivity index (χ0v) is 12.0. The van der Waals surface area contributed by atoms with Crippen molar-refractivity contribution in [3.63, 3.8) is 0 Å². The largest absolute Gasteiger partial charge is 0.465 e. The number of anilines is 1. The van der Waals surface area contributed by atoms with Crippen LogP contribution in [0.25, 0.3) is 0 Å². The van der Waals surface area contributed by atoms with Crippen molar-refractivity contribution in [1.29, 1.82) is 0 Å². The van der Waals surface area contributed by atoms with E-state index < -0.39 is 6.09 Å².